The molecule has 0 radical (unpaired) electrons. The lowest BCUT2D eigenvalue weighted by molar-refractivity contribution is 0.0698. The number of piperidine rings is 1. The zero-order valence-corrected chi connectivity index (χ0v) is 16.7. The summed E-state index contributed by atoms with van der Waals surface area (Å²) in [4.78, 5) is 14.7. The molecule has 1 amide bonds. The van der Waals surface area contributed by atoms with Gasteiger partial charge in [-0.15, -0.1) is 12.4 Å². The van der Waals surface area contributed by atoms with Crippen LogP contribution in [0.2, 0.25) is 0 Å². The lowest BCUT2D eigenvalue weighted by atomic mass is 10.0. The highest BCUT2D eigenvalue weighted by Gasteiger charge is 2.26. The Morgan fingerprint density at radius 2 is 1.81 bits per heavy atom. The van der Waals surface area contributed by atoms with Crippen molar-refractivity contribution in [3.63, 3.8) is 0 Å². The van der Waals surface area contributed by atoms with E-state index in [1.807, 2.05) is 7.05 Å². The second-order valence-corrected chi connectivity index (χ2v) is 8.72. The number of likely N-dealkylation sites (N-methyl/N-ethyl adjacent to an activating group) is 1. The highest BCUT2D eigenvalue weighted by Crippen LogP contribution is 2.21. The summed E-state index contributed by atoms with van der Waals surface area (Å²) < 4.78 is 28.0. The molecule has 2 fully saturated rings. The Balaban J connectivity index is 0.00000243. The van der Waals surface area contributed by atoms with E-state index in [1.54, 1.807) is 23.1 Å². The molecule has 1 atom stereocenters. The highest BCUT2D eigenvalue weighted by atomic mass is 35.5. The molecule has 1 saturated heterocycles. The summed E-state index contributed by atoms with van der Waals surface area (Å²) in [6.07, 6.45) is 5.91. The Hall–Kier alpha value is -1.15. The van der Waals surface area contributed by atoms with Gasteiger partial charge in [0.15, 0.2) is 0 Å². The summed E-state index contributed by atoms with van der Waals surface area (Å²) >= 11 is 0. The molecule has 1 aliphatic carbocycles. The number of carbonyl (C=O) groups excluding carboxylic acids is 1. The number of carbonyl (C=O) groups is 1. The Kier molecular flexibility index (Phi) is 7.46. The lowest BCUT2D eigenvalue weighted by Crippen LogP contribution is -2.47. The van der Waals surface area contributed by atoms with Crippen LogP contribution in [0.25, 0.3) is 0 Å². The van der Waals surface area contributed by atoms with Crippen molar-refractivity contribution in [1.82, 2.24) is 14.9 Å². The number of nitrogens with one attached hydrogen (secondary N) is 2. The van der Waals surface area contributed by atoms with Crippen LogP contribution in [0.3, 0.4) is 0 Å². The molecule has 0 spiro atoms. The van der Waals surface area contributed by atoms with Gasteiger partial charge in [0.1, 0.15) is 0 Å². The molecule has 0 aromatic heterocycles. The fourth-order valence-corrected chi connectivity index (χ4v) is 5.06. The average Bonchev–Trinajstić information content (AvgIpc) is 3.13. The third-order valence-corrected chi connectivity index (χ3v) is 6.70. The molecule has 0 bridgehead atoms. The topological polar surface area (TPSA) is 78.5 Å². The summed E-state index contributed by atoms with van der Waals surface area (Å²) in [7, 11) is -1.68. The van der Waals surface area contributed by atoms with E-state index in [4.69, 9.17) is 0 Å². The van der Waals surface area contributed by atoms with Crippen LogP contribution in [0.1, 0.15) is 48.9 Å². The van der Waals surface area contributed by atoms with Crippen molar-refractivity contribution >= 4 is 28.3 Å². The van der Waals surface area contributed by atoms with E-state index in [-0.39, 0.29) is 29.3 Å². The third kappa shape index (κ3) is 4.97. The molecule has 1 aliphatic heterocycles. The Morgan fingerprint density at radius 3 is 2.50 bits per heavy atom. The molecule has 1 aromatic rings. The van der Waals surface area contributed by atoms with Crippen molar-refractivity contribution in [2.45, 2.75) is 55.5 Å². The molecule has 146 valence electrons. The van der Waals surface area contributed by atoms with Crippen LogP contribution < -0.4 is 10.0 Å². The van der Waals surface area contributed by atoms with Crippen LogP contribution in [0.4, 0.5) is 0 Å². The number of likely N-dealkylation sites (tertiary alicyclic amines) is 1. The third-order valence-electron chi connectivity index (χ3n) is 5.19. The van der Waals surface area contributed by atoms with Crippen molar-refractivity contribution in [1.29, 1.82) is 0 Å². The smallest absolute Gasteiger partial charge is 0.253 e. The number of hydrogen-bond donors (Lipinski definition) is 2. The molecule has 26 heavy (non-hydrogen) atoms. The minimum absolute atomic E-state index is 0. The van der Waals surface area contributed by atoms with Gasteiger partial charge in [-0.2, -0.15) is 0 Å². The maximum Gasteiger partial charge on any atom is 0.253 e. The maximum absolute atomic E-state index is 12.8. The minimum Gasteiger partial charge on any atom is -0.337 e. The summed E-state index contributed by atoms with van der Waals surface area (Å²) in [5.74, 6) is -0.0992. The predicted molar refractivity (Wildman–Crippen MR) is 104 cm³/mol. The van der Waals surface area contributed by atoms with Gasteiger partial charge in [0.05, 0.1) is 4.90 Å². The molecule has 2 aliphatic rings. The molecular formula is C18H28ClN3O3S. The first-order chi connectivity index (χ1) is 12.0. The number of amides is 1. The molecule has 1 heterocycles. The number of benzene rings is 1. The van der Waals surface area contributed by atoms with E-state index in [0.717, 1.165) is 38.5 Å². The van der Waals surface area contributed by atoms with Crippen LogP contribution in [-0.2, 0) is 10.0 Å². The first kappa shape index (κ1) is 21.2. The van der Waals surface area contributed by atoms with E-state index in [9.17, 15) is 13.2 Å². The zero-order valence-electron chi connectivity index (χ0n) is 15.1. The maximum atomic E-state index is 12.8. The molecule has 8 heteroatoms. The summed E-state index contributed by atoms with van der Waals surface area (Å²) in [5.41, 5.74) is 0.436. The highest BCUT2D eigenvalue weighted by molar-refractivity contribution is 7.89. The van der Waals surface area contributed by atoms with Crippen molar-refractivity contribution in [3.8, 4) is 0 Å². The Bertz CT molecular complexity index is 720. The van der Waals surface area contributed by atoms with Gasteiger partial charge in [-0.05, 0) is 50.9 Å². The fourth-order valence-electron chi connectivity index (χ4n) is 3.71. The largest absolute Gasteiger partial charge is 0.337 e. The van der Waals surface area contributed by atoms with Crippen LogP contribution in [-0.4, -0.2) is 51.4 Å². The minimum atomic E-state index is -3.58. The van der Waals surface area contributed by atoms with E-state index in [1.165, 1.54) is 6.07 Å². The van der Waals surface area contributed by atoms with Gasteiger partial charge in [0.2, 0.25) is 10.0 Å². The van der Waals surface area contributed by atoms with Crippen LogP contribution in [0.5, 0.6) is 0 Å². The second kappa shape index (κ2) is 9.17. The molecular weight excluding hydrogens is 374 g/mol. The first-order valence-electron chi connectivity index (χ1n) is 9.08. The van der Waals surface area contributed by atoms with Gasteiger partial charge in [0.25, 0.3) is 5.91 Å². The van der Waals surface area contributed by atoms with Crippen molar-refractivity contribution in [2.24, 2.45) is 0 Å². The number of halogens is 1. The van der Waals surface area contributed by atoms with Crippen molar-refractivity contribution < 1.29 is 13.2 Å². The molecule has 2 N–H and O–H groups in total. The standard InChI is InChI=1S/C18H27N3O3S.ClH/c1-19-16-9-5-11-21(13-16)18(22)14-6-4-10-17(12-14)25(23,24)20-15-7-2-3-8-15;/h4,6,10,12,15-16,19-20H,2-3,5,7-9,11,13H2,1H3;1H. The van der Waals surface area contributed by atoms with Crippen molar-refractivity contribution in [2.75, 3.05) is 20.1 Å². The number of nitrogens with zero attached hydrogens (tertiary/aromatic N) is 1. The zero-order chi connectivity index (χ0) is 17.9. The lowest BCUT2D eigenvalue weighted by Gasteiger charge is -2.32. The van der Waals surface area contributed by atoms with E-state index < -0.39 is 10.0 Å². The molecule has 1 aromatic carbocycles. The predicted octanol–water partition coefficient (Wildman–Crippen LogP) is 2.15. The summed E-state index contributed by atoms with van der Waals surface area (Å²) in [6, 6.07) is 6.72. The van der Waals surface area contributed by atoms with E-state index in [2.05, 4.69) is 10.0 Å². The summed E-state index contributed by atoms with van der Waals surface area (Å²) in [5, 5.41) is 3.22. The molecule has 3 rings (SSSR count). The van der Waals surface area contributed by atoms with Crippen LogP contribution >= 0.6 is 12.4 Å². The molecule has 1 unspecified atom stereocenters. The molecule has 6 nitrogen and oxygen atoms in total. The number of hydrogen-bond acceptors (Lipinski definition) is 4. The monoisotopic (exact) mass is 401 g/mol. The second-order valence-electron chi connectivity index (χ2n) is 7.01. The van der Waals surface area contributed by atoms with Gasteiger partial charge in [-0.1, -0.05) is 18.9 Å². The van der Waals surface area contributed by atoms with Gasteiger partial charge in [0, 0.05) is 30.7 Å². The van der Waals surface area contributed by atoms with Gasteiger partial charge in [-0.3, -0.25) is 4.79 Å². The van der Waals surface area contributed by atoms with E-state index >= 15 is 0 Å². The van der Waals surface area contributed by atoms with Crippen LogP contribution in [0, 0.1) is 0 Å². The molecule has 1 saturated carbocycles. The van der Waals surface area contributed by atoms with Crippen molar-refractivity contribution in [3.05, 3.63) is 29.8 Å². The normalized spacial score (nSPS) is 21.4. The average molecular weight is 402 g/mol. The number of sulfonamides is 1. The Labute approximate surface area is 162 Å². The first-order valence-corrected chi connectivity index (χ1v) is 10.6. The van der Waals surface area contributed by atoms with Gasteiger partial charge >= 0.3 is 0 Å². The van der Waals surface area contributed by atoms with E-state index in [0.29, 0.717) is 24.7 Å². The fraction of sp³-hybridized carbons (Fsp3) is 0.611. The Morgan fingerprint density at radius 1 is 1.12 bits per heavy atom. The SMILES string of the molecule is CNC1CCCN(C(=O)c2cccc(S(=O)(=O)NC3CCCC3)c2)C1.Cl. The number of rotatable bonds is 5. The summed E-state index contributed by atoms with van der Waals surface area (Å²) in [6.45, 7) is 1.38. The van der Waals surface area contributed by atoms with Crippen LogP contribution in [0.15, 0.2) is 29.2 Å². The van der Waals surface area contributed by atoms with Gasteiger partial charge in [-0.25, -0.2) is 13.1 Å². The quantitative estimate of drug-likeness (QED) is 0.792. The van der Waals surface area contributed by atoms with Gasteiger partial charge < -0.3 is 10.2 Å².